The number of hydrogen-bond donors (Lipinski definition) is 1. The normalized spacial score (nSPS) is 13.1. The number of esters is 1. The highest BCUT2D eigenvalue weighted by molar-refractivity contribution is 7.19. The van der Waals surface area contributed by atoms with Crippen molar-refractivity contribution in [3.05, 3.63) is 59.1 Å². The molecule has 3 aromatic rings. The van der Waals surface area contributed by atoms with Crippen LogP contribution in [0.1, 0.15) is 15.4 Å². The van der Waals surface area contributed by atoms with E-state index in [1.165, 1.54) is 23.5 Å². The summed E-state index contributed by atoms with van der Waals surface area (Å²) in [7, 11) is 0. The van der Waals surface area contributed by atoms with Crippen LogP contribution in [0.4, 0.5) is 5.69 Å². The van der Waals surface area contributed by atoms with Gasteiger partial charge in [-0.1, -0.05) is 12.1 Å². The van der Waals surface area contributed by atoms with Gasteiger partial charge in [-0.3, -0.25) is 9.59 Å². The first-order valence-corrected chi connectivity index (χ1v) is 9.20. The molecule has 0 spiro atoms. The molecule has 0 aliphatic carbocycles. The van der Waals surface area contributed by atoms with Crippen molar-refractivity contribution in [2.45, 2.75) is 0 Å². The summed E-state index contributed by atoms with van der Waals surface area (Å²) >= 11 is 1.45. The molecule has 0 radical (unpaired) electrons. The van der Waals surface area contributed by atoms with Crippen LogP contribution in [0.3, 0.4) is 0 Å². The number of fused-ring (bicyclic) bond motifs is 2. The highest BCUT2D eigenvalue weighted by Gasteiger charge is 2.18. The molecule has 1 aliphatic heterocycles. The number of ether oxygens (including phenoxy) is 2. The van der Waals surface area contributed by atoms with E-state index in [2.05, 4.69) is 10.3 Å². The third-order valence-corrected chi connectivity index (χ3v) is 4.95. The Hall–Kier alpha value is -3.52. The van der Waals surface area contributed by atoms with Gasteiger partial charge in [-0.05, 0) is 36.4 Å². The van der Waals surface area contributed by atoms with Crippen molar-refractivity contribution in [3.8, 4) is 5.75 Å². The summed E-state index contributed by atoms with van der Waals surface area (Å²) in [5, 5.41) is 3.30. The average Bonchev–Trinajstić information content (AvgIpc) is 3.13. The topological polar surface area (TPSA) is 94.6 Å². The summed E-state index contributed by atoms with van der Waals surface area (Å²) in [4.78, 5) is 39.9. The van der Waals surface area contributed by atoms with Crippen LogP contribution in [0.5, 0.6) is 5.75 Å². The smallest absolute Gasteiger partial charge is 0.331 e. The average molecular weight is 394 g/mol. The van der Waals surface area contributed by atoms with Crippen LogP contribution >= 0.6 is 11.3 Å². The second kappa shape index (κ2) is 7.61. The fourth-order valence-electron chi connectivity index (χ4n) is 2.63. The second-order valence-electron chi connectivity index (χ2n) is 5.93. The Kier molecular flexibility index (Phi) is 4.86. The van der Waals surface area contributed by atoms with Gasteiger partial charge in [0.2, 0.25) is 0 Å². The summed E-state index contributed by atoms with van der Waals surface area (Å²) in [5.41, 5.74) is 1.59. The second-order valence-corrected chi connectivity index (χ2v) is 6.99. The Balaban J connectivity index is 1.36. The summed E-state index contributed by atoms with van der Waals surface area (Å²) in [6.45, 7) is -0.463. The number of rotatable bonds is 5. The zero-order valence-corrected chi connectivity index (χ0v) is 15.3. The largest absolute Gasteiger partial charge is 0.482 e. The highest BCUT2D eigenvalue weighted by Crippen LogP contribution is 2.28. The Morgan fingerprint density at radius 3 is 2.96 bits per heavy atom. The molecular formula is C20H14N2O5S. The highest BCUT2D eigenvalue weighted by atomic mass is 32.1. The molecular weight excluding hydrogens is 380 g/mol. The molecule has 4 rings (SSSR count). The van der Waals surface area contributed by atoms with Gasteiger partial charge in [-0.2, -0.15) is 0 Å². The van der Waals surface area contributed by atoms with Gasteiger partial charge in [0.25, 0.3) is 5.91 Å². The van der Waals surface area contributed by atoms with Crippen molar-refractivity contribution < 1.29 is 23.9 Å². The minimum atomic E-state index is -0.637. The molecule has 28 heavy (non-hydrogen) atoms. The van der Waals surface area contributed by atoms with E-state index in [4.69, 9.17) is 9.47 Å². The maximum Gasteiger partial charge on any atom is 0.331 e. The lowest BCUT2D eigenvalue weighted by atomic mass is 10.1. The van der Waals surface area contributed by atoms with E-state index in [0.717, 1.165) is 10.2 Å². The molecule has 2 aromatic carbocycles. The number of aromatic nitrogens is 1. The molecule has 7 nitrogen and oxygen atoms in total. The number of carbonyl (C=O) groups is 3. The summed E-state index contributed by atoms with van der Waals surface area (Å²) in [5.74, 6) is -0.818. The predicted octanol–water partition coefficient (Wildman–Crippen LogP) is 3.07. The van der Waals surface area contributed by atoms with Gasteiger partial charge < -0.3 is 14.8 Å². The number of Topliss-reactive ketones (excluding diaryl/α,β-unsaturated/α-hetero) is 1. The van der Waals surface area contributed by atoms with E-state index in [9.17, 15) is 14.4 Å². The number of benzene rings is 2. The molecule has 0 saturated carbocycles. The Morgan fingerprint density at radius 2 is 2.11 bits per heavy atom. The van der Waals surface area contributed by atoms with Crippen molar-refractivity contribution >= 4 is 51.0 Å². The predicted molar refractivity (Wildman–Crippen MR) is 105 cm³/mol. The molecule has 2 heterocycles. The lowest BCUT2D eigenvalue weighted by molar-refractivity contribution is -0.136. The van der Waals surface area contributed by atoms with Crippen molar-refractivity contribution in [2.24, 2.45) is 0 Å². The van der Waals surface area contributed by atoms with E-state index in [0.29, 0.717) is 22.0 Å². The molecule has 0 atom stereocenters. The van der Waals surface area contributed by atoms with Crippen LogP contribution in [0, 0.1) is 0 Å². The van der Waals surface area contributed by atoms with E-state index >= 15 is 0 Å². The summed E-state index contributed by atoms with van der Waals surface area (Å²) in [6, 6.07) is 12.3. The lowest BCUT2D eigenvalue weighted by Crippen LogP contribution is -2.25. The molecule has 140 valence electrons. The molecule has 1 aromatic heterocycles. The first-order chi connectivity index (χ1) is 13.6. The summed E-state index contributed by atoms with van der Waals surface area (Å²) in [6.07, 6.45) is 2.80. The minimum Gasteiger partial charge on any atom is -0.482 e. The number of carbonyl (C=O) groups excluding carboxylic acids is 3. The van der Waals surface area contributed by atoms with Crippen molar-refractivity contribution in [1.82, 2.24) is 4.98 Å². The van der Waals surface area contributed by atoms with Crippen LogP contribution in [-0.4, -0.2) is 35.9 Å². The lowest BCUT2D eigenvalue weighted by Gasteiger charge is -2.18. The number of anilines is 1. The molecule has 0 fully saturated rings. The van der Waals surface area contributed by atoms with E-state index in [-0.39, 0.29) is 18.3 Å². The van der Waals surface area contributed by atoms with Crippen molar-refractivity contribution in [1.29, 1.82) is 0 Å². The van der Waals surface area contributed by atoms with E-state index in [1.54, 1.807) is 18.2 Å². The van der Waals surface area contributed by atoms with E-state index in [1.807, 2.05) is 24.3 Å². The fourth-order valence-corrected chi connectivity index (χ4v) is 3.50. The van der Waals surface area contributed by atoms with Crippen LogP contribution in [0.2, 0.25) is 0 Å². The molecule has 0 saturated heterocycles. The zero-order chi connectivity index (χ0) is 19.5. The maximum atomic E-state index is 12.2. The summed E-state index contributed by atoms with van der Waals surface area (Å²) < 4.78 is 11.3. The van der Waals surface area contributed by atoms with Gasteiger partial charge in [0, 0.05) is 11.6 Å². The van der Waals surface area contributed by atoms with Gasteiger partial charge in [-0.15, -0.1) is 11.3 Å². The van der Waals surface area contributed by atoms with Crippen LogP contribution < -0.4 is 10.1 Å². The Labute approximate surface area is 163 Å². The van der Waals surface area contributed by atoms with Gasteiger partial charge in [0.15, 0.2) is 19.0 Å². The van der Waals surface area contributed by atoms with Crippen molar-refractivity contribution in [3.63, 3.8) is 0 Å². The van der Waals surface area contributed by atoms with Crippen LogP contribution in [0.15, 0.2) is 48.5 Å². The number of ketones is 1. The Morgan fingerprint density at radius 1 is 1.25 bits per heavy atom. The van der Waals surface area contributed by atoms with Gasteiger partial charge in [0.1, 0.15) is 10.8 Å². The maximum absolute atomic E-state index is 12.2. The monoisotopic (exact) mass is 394 g/mol. The number of nitrogens with zero attached hydrogens (tertiary/aromatic N) is 1. The first kappa shape index (κ1) is 17.9. The number of para-hydroxylation sites is 1. The molecule has 1 amide bonds. The SMILES string of the molecule is O=C1COc2ccc(C(=O)COC(=O)/C=C/c3nc4ccccc4s3)cc2N1. The number of nitrogens with one attached hydrogen (secondary N) is 1. The third kappa shape index (κ3) is 3.91. The molecule has 0 unspecified atom stereocenters. The first-order valence-electron chi connectivity index (χ1n) is 8.39. The quantitative estimate of drug-likeness (QED) is 0.406. The van der Waals surface area contributed by atoms with Crippen LogP contribution in [-0.2, 0) is 14.3 Å². The number of amides is 1. The van der Waals surface area contributed by atoms with Gasteiger partial charge in [-0.25, -0.2) is 9.78 Å². The van der Waals surface area contributed by atoms with Crippen LogP contribution in [0.25, 0.3) is 16.3 Å². The van der Waals surface area contributed by atoms with Gasteiger partial charge >= 0.3 is 5.97 Å². The van der Waals surface area contributed by atoms with E-state index < -0.39 is 12.6 Å². The minimum absolute atomic E-state index is 0.0566. The fraction of sp³-hybridized carbons (Fsp3) is 0.100. The third-order valence-electron chi connectivity index (χ3n) is 3.95. The number of hydrogen-bond acceptors (Lipinski definition) is 7. The van der Waals surface area contributed by atoms with Gasteiger partial charge in [0.05, 0.1) is 15.9 Å². The molecule has 1 aliphatic rings. The zero-order valence-electron chi connectivity index (χ0n) is 14.5. The molecule has 0 bridgehead atoms. The molecule has 8 heteroatoms. The standard InChI is InChI=1S/C20H14N2O5S/c23-15(12-5-6-16-14(9-12)21-18(24)11-26-16)10-27-20(25)8-7-19-22-13-3-1-2-4-17(13)28-19/h1-9H,10-11H2,(H,21,24)/b8-7+. The Bertz CT molecular complexity index is 1090. The van der Waals surface area contributed by atoms with Crippen molar-refractivity contribution in [2.75, 3.05) is 18.5 Å². The number of thiazole rings is 1. The molecule has 1 N–H and O–H groups in total.